The van der Waals surface area contributed by atoms with Crippen molar-refractivity contribution in [1.29, 1.82) is 0 Å². The number of aliphatic hydroxyl groups is 1. The number of aromatic nitrogens is 3. The second-order valence-electron chi connectivity index (χ2n) is 6.25. The molecule has 8 nitrogen and oxygen atoms in total. The van der Waals surface area contributed by atoms with Crippen molar-refractivity contribution in [1.82, 2.24) is 15.0 Å². The maximum atomic E-state index is 12.2. The zero-order valence-electron chi connectivity index (χ0n) is 14.7. The molecule has 1 aromatic heterocycles. The van der Waals surface area contributed by atoms with Gasteiger partial charge < -0.3 is 9.84 Å². The van der Waals surface area contributed by atoms with Gasteiger partial charge in [0.25, 0.3) is 11.7 Å². The van der Waals surface area contributed by atoms with Gasteiger partial charge in [-0.05, 0) is 18.6 Å². The van der Waals surface area contributed by atoms with Gasteiger partial charge in [-0.1, -0.05) is 30.7 Å². The van der Waals surface area contributed by atoms with Gasteiger partial charge >= 0.3 is 0 Å². The summed E-state index contributed by atoms with van der Waals surface area (Å²) in [6.07, 6.45) is 2.99. The van der Waals surface area contributed by atoms with E-state index in [1.54, 1.807) is 30.5 Å². The van der Waals surface area contributed by atoms with Crippen molar-refractivity contribution in [2.75, 3.05) is 18.1 Å². The minimum absolute atomic E-state index is 0.157. The molecule has 0 aliphatic carbocycles. The number of nitrogens with zero attached hydrogens (tertiary/aromatic N) is 4. The molecule has 0 fully saturated rings. The van der Waals surface area contributed by atoms with E-state index in [-0.39, 0.29) is 19.7 Å². The molecule has 0 bridgehead atoms. The Morgan fingerprint density at radius 1 is 1.27 bits per heavy atom. The summed E-state index contributed by atoms with van der Waals surface area (Å²) in [5.74, 6) is -1.07. The Kier molecular flexibility index (Phi) is 5.75. The molecule has 1 aliphatic heterocycles. The average molecular weight is 358 g/mol. The molecule has 2 heterocycles. The maximum Gasteiger partial charge on any atom is 0.299 e. The van der Waals surface area contributed by atoms with Crippen molar-refractivity contribution < 1.29 is 19.4 Å². The number of unbranched alkanes of at least 4 members (excludes halogenated alkanes) is 1. The zero-order chi connectivity index (χ0) is 18.5. The number of aliphatic hydroxyl groups excluding tert-OH is 1. The Balaban J connectivity index is 1.59. The van der Waals surface area contributed by atoms with Crippen molar-refractivity contribution >= 4 is 17.4 Å². The molecule has 1 aromatic carbocycles. The van der Waals surface area contributed by atoms with Crippen LogP contribution in [0.25, 0.3) is 0 Å². The molecule has 1 aliphatic rings. The normalized spacial score (nSPS) is 14.8. The first-order chi connectivity index (χ1) is 12.6. The first kappa shape index (κ1) is 18.2. The number of rotatable bonds is 9. The number of para-hydroxylation sites is 1. The fourth-order valence-electron chi connectivity index (χ4n) is 2.80. The van der Waals surface area contributed by atoms with Crippen LogP contribution in [0, 0.1) is 0 Å². The molecule has 1 atom stereocenters. The molecular formula is C18H22N4O4. The molecule has 0 radical (unpaired) electrons. The van der Waals surface area contributed by atoms with Crippen LogP contribution in [0.5, 0.6) is 0 Å². The van der Waals surface area contributed by atoms with Gasteiger partial charge in [-0.15, -0.1) is 5.10 Å². The van der Waals surface area contributed by atoms with Crippen LogP contribution in [0.15, 0.2) is 30.5 Å². The zero-order valence-corrected chi connectivity index (χ0v) is 14.7. The van der Waals surface area contributed by atoms with Crippen LogP contribution in [0.2, 0.25) is 0 Å². The van der Waals surface area contributed by atoms with Crippen LogP contribution >= 0.6 is 0 Å². The summed E-state index contributed by atoms with van der Waals surface area (Å²) < 4.78 is 6.90. The Labute approximate surface area is 151 Å². The largest absolute Gasteiger partial charge is 0.389 e. The third kappa shape index (κ3) is 3.97. The average Bonchev–Trinajstić information content (AvgIpc) is 3.17. The van der Waals surface area contributed by atoms with E-state index in [9.17, 15) is 14.7 Å². The van der Waals surface area contributed by atoms with Crippen LogP contribution in [0.1, 0.15) is 35.8 Å². The van der Waals surface area contributed by atoms with Gasteiger partial charge in [0.2, 0.25) is 0 Å². The van der Waals surface area contributed by atoms with E-state index in [0.29, 0.717) is 23.6 Å². The van der Waals surface area contributed by atoms with Crippen molar-refractivity contribution in [2.45, 2.75) is 39.0 Å². The van der Waals surface area contributed by atoms with Crippen LogP contribution in [-0.2, 0) is 22.6 Å². The quantitative estimate of drug-likeness (QED) is 0.534. The Morgan fingerprint density at radius 3 is 2.88 bits per heavy atom. The highest BCUT2D eigenvalue weighted by atomic mass is 16.5. The number of Topliss-reactive ketones (excluding diaryl/α,β-unsaturated/α-hetero) is 1. The number of carbonyl (C=O) groups excluding carboxylic acids is 2. The Morgan fingerprint density at radius 2 is 2.08 bits per heavy atom. The topological polar surface area (TPSA) is 97.6 Å². The lowest BCUT2D eigenvalue weighted by Gasteiger charge is -2.14. The second kappa shape index (κ2) is 8.20. The van der Waals surface area contributed by atoms with Crippen molar-refractivity contribution in [3.05, 3.63) is 41.7 Å². The lowest BCUT2D eigenvalue weighted by atomic mass is 10.1. The molecule has 3 rings (SSSR count). The first-order valence-electron chi connectivity index (χ1n) is 8.70. The van der Waals surface area contributed by atoms with E-state index in [0.717, 1.165) is 12.8 Å². The minimum Gasteiger partial charge on any atom is -0.389 e. The molecule has 1 amide bonds. The van der Waals surface area contributed by atoms with Gasteiger partial charge in [-0.3, -0.25) is 14.5 Å². The van der Waals surface area contributed by atoms with Crippen LogP contribution in [0.4, 0.5) is 5.69 Å². The van der Waals surface area contributed by atoms with Crippen LogP contribution in [-0.4, -0.2) is 51.1 Å². The smallest absolute Gasteiger partial charge is 0.299 e. The molecule has 138 valence electrons. The SMILES string of the molecule is CCCCOCC(O)Cn1cc(CN2C(=O)C(=O)c3ccccc32)nn1. The van der Waals surface area contributed by atoms with Gasteiger partial charge in [0.05, 0.1) is 43.2 Å². The number of hydrogen-bond donors (Lipinski definition) is 1. The van der Waals surface area contributed by atoms with Crippen LogP contribution in [0.3, 0.4) is 0 Å². The molecule has 1 unspecified atom stereocenters. The highest BCUT2D eigenvalue weighted by Gasteiger charge is 2.35. The van der Waals surface area contributed by atoms with E-state index in [4.69, 9.17) is 4.74 Å². The number of amides is 1. The van der Waals surface area contributed by atoms with Gasteiger partial charge in [-0.2, -0.15) is 0 Å². The summed E-state index contributed by atoms with van der Waals surface area (Å²) in [4.78, 5) is 25.6. The van der Waals surface area contributed by atoms with Crippen molar-refractivity contribution in [3.63, 3.8) is 0 Å². The molecule has 1 N–H and O–H groups in total. The highest BCUT2D eigenvalue weighted by molar-refractivity contribution is 6.52. The molecule has 8 heteroatoms. The second-order valence-corrected chi connectivity index (χ2v) is 6.25. The number of hydrogen-bond acceptors (Lipinski definition) is 6. The maximum absolute atomic E-state index is 12.2. The van der Waals surface area contributed by atoms with Gasteiger partial charge in [0.15, 0.2) is 0 Å². The molecular weight excluding hydrogens is 336 g/mol. The number of fused-ring (bicyclic) bond motifs is 1. The summed E-state index contributed by atoms with van der Waals surface area (Å²) in [5.41, 5.74) is 1.54. The fourth-order valence-corrected chi connectivity index (χ4v) is 2.80. The van der Waals surface area contributed by atoms with Gasteiger partial charge in [-0.25, -0.2) is 4.68 Å². The molecule has 2 aromatic rings. The first-order valence-corrected chi connectivity index (χ1v) is 8.70. The summed E-state index contributed by atoms with van der Waals surface area (Å²) in [6.45, 7) is 3.35. The number of ether oxygens (including phenoxy) is 1. The number of benzene rings is 1. The van der Waals surface area contributed by atoms with E-state index in [1.165, 1.54) is 9.58 Å². The fraction of sp³-hybridized carbons (Fsp3) is 0.444. The van der Waals surface area contributed by atoms with E-state index in [1.807, 2.05) is 0 Å². The number of ketones is 1. The van der Waals surface area contributed by atoms with E-state index < -0.39 is 17.8 Å². The predicted molar refractivity (Wildman–Crippen MR) is 93.7 cm³/mol. The van der Waals surface area contributed by atoms with Gasteiger partial charge in [0.1, 0.15) is 5.69 Å². The Bertz CT molecular complexity index is 789. The monoisotopic (exact) mass is 358 g/mol. The highest BCUT2D eigenvalue weighted by Crippen LogP contribution is 2.29. The lowest BCUT2D eigenvalue weighted by Crippen LogP contribution is -2.29. The Hall–Kier alpha value is -2.58. The standard InChI is InChI=1S/C18H22N4O4/c1-2-3-8-26-12-14(23)11-21-9-13(19-20-21)10-22-16-7-5-4-6-15(16)17(24)18(22)25/h4-7,9,14,23H,2-3,8,10-12H2,1H3. The number of carbonyl (C=O) groups is 2. The van der Waals surface area contributed by atoms with E-state index >= 15 is 0 Å². The van der Waals surface area contributed by atoms with Crippen LogP contribution < -0.4 is 4.90 Å². The summed E-state index contributed by atoms with van der Waals surface area (Å²) in [7, 11) is 0. The van der Waals surface area contributed by atoms with Crippen molar-refractivity contribution in [3.8, 4) is 0 Å². The van der Waals surface area contributed by atoms with Gasteiger partial charge in [0, 0.05) is 6.61 Å². The third-order valence-corrected chi connectivity index (χ3v) is 4.14. The summed E-state index contributed by atoms with van der Waals surface area (Å²) >= 11 is 0. The minimum atomic E-state index is -0.683. The van der Waals surface area contributed by atoms with E-state index in [2.05, 4.69) is 17.2 Å². The predicted octanol–water partition coefficient (Wildman–Crippen LogP) is 1.19. The number of anilines is 1. The third-order valence-electron chi connectivity index (χ3n) is 4.14. The molecule has 0 spiro atoms. The lowest BCUT2D eigenvalue weighted by molar-refractivity contribution is -0.114. The summed E-state index contributed by atoms with van der Waals surface area (Å²) in [6, 6.07) is 6.89. The molecule has 26 heavy (non-hydrogen) atoms. The molecule has 0 saturated heterocycles. The molecule has 0 saturated carbocycles. The summed E-state index contributed by atoms with van der Waals surface area (Å²) in [5, 5.41) is 18.0. The van der Waals surface area contributed by atoms with Crippen molar-refractivity contribution in [2.24, 2.45) is 0 Å².